The second-order valence-corrected chi connectivity index (χ2v) is 6.24. The van der Waals surface area contributed by atoms with Crippen molar-refractivity contribution >= 4 is 35.8 Å². The Morgan fingerprint density at radius 2 is 2.00 bits per heavy atom. The van der Waals surface area contributed by atoms with Gasteiger partial charge in [-0.3, -0.25) is 9.79 Å². The van der Waals surface area contributed by atoms with Crippen LogP contribution in [0.5, 0.6) is 0 Å². The second-order valence-electron chi connectivity index (χ2n) is 6.24. The van der Waals surface area contributed by atoms with Crippen LogP contribution in [-0.4, -0.2) is 50.5 Å². The standard InChI is InChI=1S/C18H26F2N4O.HI/c1-21-16(25)12-13-7-10-24(11-8-13)18(22-2)23-9-6-14-4-3-5-15(19)17(14)20;/h3-5,13H,6-12H2,1-2H3,(H,21,25)(H,22,23);1H. The topological polar surface area (TPSA) is 56.7 Å². The molecule has 1 heterocycles. The molecule has 26 heavy (non-hydrogen) atoms. The minimum atomic E-state index is -0.819. The van der Waals surface area contributed by atoms with Gasteiger partial charge in [-0.25, -0.2) is 8.78 Å². The van der Waals surface area contributed by atoms with Crippen LogP contribution in [0.4, 0.5) is 8.78 Å². The molecule has 0 spiro atoms. The van der Waals surface area contributed by atoms with Gasteiger partial charge in [-0.1, -0.05) is 12.1 Å². The van der Waals surface area contributed by atoms with Crippen LogP contribution in [0.1, 0.15) is 24.8 Å². The Hall–Kier alpha value is -1.45. The van der Waals surface area contributed by atoms with Crippen LogP contribution < -0.4 is 10.6 Å². The first-order chi connectivity index (χ1) is 12.0. The van der Waals surface area contributed by atoms with E-state index >= 15 is 0 Å². The van der Waals surface area contributed by atoms with E-state index in [1.165, 1.54) is 6.07 Å². The van der Waals surface area contributed by atoms with Crippen molar-refractivity contribution in [3.63, 3.8) is 0 Å². The lowest BCUT2D eigenvalue weighted by molar-refractivity contribution is -0.121. The molecule has 2 N–H and O–H groups in total. The fourth-order valence-electron chi connectivity index (χ4n) is 3.10. The molecule has 1 amide bonds. The summed E-state index contributed by atoms with van der Waals surface area (Å²) in [5, 5.41) is 5.87. The highest BCUT2D eigenvalue weighted by Gasteiger charge is 2.23. The van der Waals surface area contributed by atoms with Gasteiger partial charge in [0.15, 0.2) is 17.6 Å². The van der Waals surface area contributed by atoms with E-state index in [9.17, 15) is 13.6 Å². The summed E-state index contributed by atoms with van der Waals surface area (Å²) >= 11 is 0. The summed E-state index contributed by atoms with van der Waals surface area (Å²) in [5.74, 6) is -0.363. The average molecular weight is 480 g/mol. The molecule has 1 aliphatic rings. The van der Waals surface area contributed by atoms with Crippen molar-refractivity contribution in [3.05, 3.63) is 35.4 Å². The molecule has 0 saturated carbocycles. The van der Waals surface area contributed by atoms with Crippen molar-refractivity contribution in [1.82, 2.24) is 15.5 Å². The first-order valence-electron chi connectivity index (χ1n) is 8.64. The van der Waals surface area contributed by atoms with Crippen molar-refractivity contribution < 1.29 is 13.6 Å². The van der Waals surface area contributed by atoms with Gasteiger partial charge in [0.1, 0.15) is 0 Å². The summed E-state index contributed by atoms with van der Waals surface area (Å²) < 4.78 is 26.9. The zero-order chi connectivity index (χ0) is 18.2. The molecule has 0 bridgehead atoms. The normalized spacial score (nSPS) is 15.4. The van der Waals surface area contributed by atoms with E-state index in [0.29, 0.717) is 30.9 Å². The van der Waals surface area contributed by atoms with Gasteiger partial charge >= 0.3 is 0 Å². The number of hydrogen-bond acceptors (Lipinski definition) is 2. The molecule has 0 unspecified atom stereocenters. The van der Waals surface area contributed by atoms with E-state index in [2.05, 4.69) is 20.5 Å². The molecule has 0 radical (unpaired) electrons. The molecule has 1 aliphatic heterocycles. The fraction of sp³-hybridized carbons (Fsp3) is 0.556. The van der Waals surface area contributed by atoms with Crippen LogP contribution in [0.3, 0.4) is 0 Å². The maximum atomic E-state index is 13.7. The Kier molecular flexibility index (Phi) is 9.82. The summed E-state index contributed by atoms with van der Waals surface area (Å²) in [6.45, 7) is 2.14. The molecule has 2 rings (SSSR count). The van der Waals surface area contributed by atoms with E-state index in [4.69, 9.17) is 0 Å². The van der Waals surface area contributed by atoms with Crippen LogP contribution in [0.25, 0.3) is 0 Å². The first-order valence-corrected chi connectivity index (χ1v) is 8.64. The van der Waals surface area contributed by atoms with Crippen LogP contribution in [0.15, 0.2) is 23.2 Å². The number of amides is 1. The predicted molar refractivity (Wildman–Crippen MR) is 110 cm³/mol. The van der Waals surface area contributed by atoms with Crippen LogP contribution >= 0.6 is 24.0 Å². The third-order valence-corrected chi connectivity index (χ3v) is 4.59. The molecular weight excluding hydrogens is 453 g/mol. The monoisotopic (exact) mass is 480 g/mol. The number of nitrogens with one attached hydrogen (secondary N) is 2. The van der Waals surface area contributed by atoms with Gasteiger partial charge in [0.25, 0.3) is 0 Å². The summed E-state index contributed by atoms with van der Waals surface area (Å²) in [5.41, 5.74) is 0.354. The minimum Gasteiger partial charge on any atom is -0.359 e. The Morgan fingerprint density at radius 3 is 2.62 bits per heavy atom. The lowest BCUT2D eigenvalue weighted by Crippen LogP contribution is -2.46. The van der Waals surface area contributed by atoms with Crippen LogP contribution in [0, 0.1) is 17.6 Å². The number of hydrogen-bond donors (Lipinski definition) is 2. The van der Waals surface area contributed by atoms with Crippen LogP contribution in [0.2, 0.25) is 0 Å². The van der Waals surface area contributed by atoms with Crippen molar-refractivity contribution in [2.45, 2.75) is 25.7 Å². The average Bonchev–Trinajstić information content (AvgIpc) is 2.63. The third-order valence-electron chi connectivity index (χ3n) is 4.59. The van der Waals surface area contributed by atoms with Gasteiger partial charge in [-0.05, 0) is 36.8 Å². The summed E-state index contributed by atoms with van der Waals surface area (Å²) in [4.78, 5) is 17.9. The molecule has 1 aromatic rings. The Labute approximate surface area is 170 Å². The number of piperidine rings is 1. The molecule has 8 heteroatoms. The largest absolute Gasteiger partial charge is 0.359 e. The molecule has 0 aromatic heterocycles. The van der Waals surface area contributed by atoms with Crippen molar-refractivity contribution in [2.24, 2.45) is 10.9 Å². The fourth-order valence-corrected chi connectivity index (χ4v) is 3.10. The number of nitrogens with zero attached hydrogens (tertiary/aromatic N) is 2. The van der Waals surface area contributed by atoms with E-state index < -0.39 is 11.6 Å². The summed E-state index contributed by atoms with van der Waals surface area (Å²) in [6, 6.07) is 4.22. The number of likely N-dealkylation sites (tertiary alicyclic amines) is 1. The third kappa shape index (κ3) is 6.37. The van der Waals surface area contributed by atoms with Crippen molar-refractivity contribution in [3.8, 4) is 0 Å². The van der Waals surface area contributed by atoms with Crippen molar-refractivity contribution in [1.29, 1.82) is 0 Å². The quantitative estimate of drug-likeness (QED) is 0.387. The smallest absolute Gasteiger partial charge is 0.220 e. The maximum Gasteiger partial charge on any atom is 0.220 e. The SMILES string of the molecule is CN=C(NCCc1cccc(F)c1F)N1CCC(CC(=O)NC)CC1.I. The molecule has 0 aliphatic carbocycles. The van der Waals surface area contributed by atoms with E-state index in [1.807, 2.05) is 0 Å². The van der Waals surface area contributed by atoms with Gasteiger partial charge in [0, 0.05) is 40.2 Å². The molecule has 1 saturated heterocycles. The maximum absolute atomic E-state index is 13.7. The molecule has 0 atom stereocenters. The number of aliphatic imine (C=N–C) groups is 1. The van der Waals surface area contributed by atoms with Gasteiger partial charge in [0.2, 0.25) is 5.91 Å². The molecule has 1 aromatic carbocycles. The first kappa shape index (κ1) is 22.6. The number of halogens is 3. The molecule has 146 valence electrons. The molecular formula is C18H27F2IN4O. The lowest BCUT2D eigenvalue weighted by atomic mass is 9.93. The Morgan fingerprint density at radius 1 is 1.31 bits per heavy atom. The number of carbonyl (C=O) groups is 1. The number of guanidine groups is 1. The van der Waals surface area contributed by atoms with Gasteiger partial charge < -0.3 is 15.5 Å². The van der Waals surface area contributed by atoms with Crippen LogP contribution in [-0.2, 0) is 11.2 Å². The Bertz CT molecular complexity index is 619. The minimum absolute atomic E-state index is 0. The predicted octanol–water partition coefficient (Wildman–Crippen LogP) is 2.55. The number of carbonyl (C=O) groups excluding carboxylic acids is 1. The van der Waals surface area contributed by atoms with E-state index in [0.717, 1.165) is 38.0 Å². The molecule has 1 fully saturated rings. The van der Waals surface area contributed by atoms with E-state index in [-0.39, 0.29) is 29.9 Å². The highest BCUT2D eigenvalue weighted by atomic mass is 127. The number of benzene rings is 1. The lowest BCUT2D eigenvalue weighted by Gasteiger charge is -2.34. The van der Waals surface area contributed by atoms with Gasteiger partial charge in [-0.15, -0.1) is 24.0 Å². The number of rotatable bonds is 5. The van der Waals surface area contributed by atoms with Gasteiger partial charge in [-0.2, -0.15) is 0 Å². The Balaban J connectivity index is 0.00000338. The molecule has 5 nitrogen and oxygen atoms in total. The zero-order valence-electron chi connectivity index (χ0n) is 15.2. The van der Waals surface area contributed by atoms with Crippen molar-refractivity contribution in [2.75, 3.05) is 33.7 Å². The zero-order valence-corrected chi connectivity index (χ0v) is 17.6. The second kappa shape index (κ2) is 11.3. The highest BCUT2D eigenvalue weighted by Crippen LogP contribution is 2.20. The van der Waals surface area contributed by atoms with E-state index in [1.54, 1.807) is 20.2 Å². The van der Waals surface area contributed by atoms with Gasteiger partial charge in [0.05, 0.1) is 0 Å². The highest BCUT2D eigenvalue weighted by molar-refractivity contribution is 14.0. The summed E-state index contributed by atoms with van der Waals surface area (Å²) in [7, 11) is 3.37. The summed E-state index contributed by atoms with van der Waals surface area (Å²) in [6.07, 6.45) is 2.82.